The normalized spacial score (nSPS) is 12.1. The fourth-order valence-electron chi connectivity index (χ4n) is 3.31. The van der Waals surface area contributed by atoms with E-state index in [4.69, 9.17) is 11.6 Å². The Hall–Kier alpha value is -3.45. The quantitative estimate of drug-likeness (QED) is 0.319. The Morgan fingerprint density at radius 3 is 2.71 bits per heavy atom. The average molecular weight is 439 g/mol. The van der Waals surface area contributed by atoms with Crippen LogP contribution in [0.15, 0.2) is 54.6 Å². The van der Waals surface area contributed by atoms with Gasteiger partial charge in [-0.3, -0.25) is 19.6 Å². The molecular weight excluding hydrogens is 416 g/mol. The van der Waals surface area contributed by atoms with Crippen molar-refractivity contribution < 1.29 is 9.72 Å². The summed E-state index contributed by atoms with van der Waals surface area (Å²) in [5.41, 5.74) is 4.22. The number of halogens is 1. The van der Waals surface area contributed by atoms with Crippen molar-refractivity contribution in [2.24, 2.45) is 0 Å². The smallest absolute Gasteiger partial charge is 0.269 e. The van der Waals surface area contributed by atoms with E-state index < -0.39 is 4.92 Å². The van der Waals surface area contributed by atoms with E-state index in [0.29, 0.717) is 17.1 Å². The molecule has 0 aliphatic carbocycles. The van der Waals surface area contributed by atoms with E-state index in [-0.39, 0.29) is 17.6 Å². The molecule has 7 nitrogen and oxygen atoms in total. The lowest BCUT2D eigenvalue weighted by Gasteiger charge is -2.12. The number of nitro benzene ring substituents is 1. The first-order chi connectivity index (χ1) is 14.8. The molecule has 3 aromatic rings. The molecule has 2 aromatic carbocycles. The number of aromatic nitrogens is 2. The number of carbonyl (C=O) groups excluding carboxylic acids is 1. The van der Waals surface area contributed by atoms with Crippen molar-refractivity contribution in [3.63, 3.8) is 0 Å². The molecule has 0 saturated heterocycles. The van der Waals surface area contributed by atoms with Crippen molar-refractivity contribution in [2.45, 2.75) is 33.4 Å². The summed E-state index contributed by atoms with van der Waals surface area (Å²) in [6.45, 7) is 6.15. The molecule has 0 radical (unpaired) electrons. The van der Waals surface area contributed by atoms with E-state index in [1.807, 2.05) is 42.8 Å². The summed E-state index contributed by atoms with van der Waals surface area (Å²) in [5.74, 6) is -0.295. The Balaban J connectivity index is 1.71. The molecule has 1 unspecified atom stereocenters. The summed E-state index contributed by atoms with van der Waals surface area (Å²) in [5, 5.41) is 19.0. The molecule has 0 aliphatic rings. The van der Waals surface area contributed by atoms with E-state index in [1.165, 1.54) is 18.2 Å². The van der Waals surface area contributed by atoms with Crippen LogP contribution in [0.3, 0.4) is 0 Å². The van der Waals surface area contributed by atoms with Gasteiger partial charge in [-0.05, 0) is 44.0 Å². The zero-order valence-electron chi connectivity index (χ0n) is 17.5. The number of carbonyl (C=O) groups is 1. The van der Waals surface area contributed by atoms with Crippen LogP contribution >= 0.6 is 11.6 Å². The maximum Gasteiger partial charge on any atom is 0.269 e. The van der Waals surface area contributed by atoms with Gasteiger partial charge in [-0.25, -0.2) is 0 Å². The summed E-state index contributed by atoms with van der Waals surface area (Å²) in [6, 6.07) is 13.5. The van der Waals surface area contributed by atoms with E-state index in [9.17, 15) is 14.9 Å². The summed E-state index contributed by atoms with van der Waals surface area (Å²) in [6.07, 6.45) is 3.18. The highest BCUT2D eigenvalue weighted by molar-refractivity contribution is 6.31. The minimum atomic E-state index is -0.455. The summed E-state index contributed by atoms with van der Waals surface area (Å²) in [7, 11) is 0. The van der Waals surface area contributed by atoms with Crippen molar-refractivity contribution in [3.05, 3.63) is 97.8 Å². The van der Waals surface area contributed by atoms with Gasteiger partial charge in [0.25, 0.3) is 5.69 Å². The topological polar surface area (TPSA) is 90.1 Å². The van der Waals surface area contributed by atoms with Gasteiger partial charge in [0.05, 0.1) is 23.2 Å². The first-order valence-electron chi connectivity index (χ1n) is 9.76. The first-order valence-corrected chi connectivity index (χ1v) is 10.1. The Morgan fingerprint density at radius 1 is 1.26 bits per heavy atom. The van der Waals surface area contributed by atoms with Gasteiger partial charge in [-0.1, -0.05) is 41.9 Å². The zero-order chi connectivity index (χ0) is 22.5. The molecule has 0 aliphatic heterocycles. The predicted molar refractivity (Wildman–Crippen MR) is 121 cm³/mol. The third kappa shape index (κ3) is 5.38. The maximum atomic E-state index is 12.4. The van der Waals surface area contributed by atoms with Crippen LogP contribution < -0.4 is 5.32 Å². The Labute approximate surface area is 185 Å². The molecule has 160 valence electrons. The van der Waals surface area contributed by atoms with Gasteiger partial charge in [-0.2, -0.15) is 5.10 Å². The number of hydrogen-bond acceptors (Lipinski definition) is 4. The summed E-state index contributed by atoms with van der Waals surface area (Å²) in [4.78, 5) is 22.9. The van der Waals surface area contributed by atoms with Gasteiger partial charge >= 0.3 is 0 Å². The van der Waals surface area contributed by atoms with Crippen LogP contribution in [-0.2, 0) is 11.3 Å². The fraction of sp³-hybridized carbons (Fsp3) is 0.217. The van der Waals surface area contributed by atoms with Crippen molar-refractivity contribution >= 4 is 29.3 Å². The second-order valence-electron chi connectivity index (χ2n) is 7.25. The van der Waals surface area contributed by atoms with Crippen LogP contribution in [0.5, 0.6) is 0 Å². The van der Waals surface area contributed by atoms with Crippen LogP contribution in [0.2, 0.25) is 5.02 Å². The molecule has 1 aromatic heterocycles. The number of amides is 1. The molecule has 0 saturated carbocycles. The van der Waals surface area contributed by atoms with Gasteiger partial charge in [0.2, 0.25) is 5.91 Å². The van der Waals surface area contributed by atoms with Gasteiger partial charge in [0, 0.05) is 34.5 Å². The van der Waals surface area contributed by atoms with Crippen LogP contribution in [0.1, 0.15) is 41.0 Å². The lowest BCUT2D eigenvalue weighted by molar-refractivity contribution is -0.384. The van der Waals surface area contributed by atoms with Gasteiger partial charge in [0.15, 0.2) is 0 Å². The number of nitrogens with one attached hydrogen (secondary N) is 1. The largest absolute Gasteiger partial charge is 0.346 e. The van der Waals surface area contributed by atoms with E-state index >= 15 is 0 Å². The predicted octanol–water partition coefficient (Wildman–Crippen LogP) is 5.00. The minimum absolute atomic E-state index is 0.00803. The maximum absolute atomic E-state index is 12.4. The third-order valence-electron chi connectivity index (χ3n) is 5.06. The van der Waals surface area contributed by atoms with E-state index in [1.54, 1.807) is 25.1 Å². The Bertz CT molecular complexity index is 1150. The lowest BCUT2D eigenvalue weighted by Crippen LogP contribution is -2.24. The number of benzene rings is 2. The molecule has 0 spiro atoms. The molecule has 1 heterocycles. The van der Waals surface area contributed by atoms with Crippen molar-refractivity contribution in [2.75, 3.05) is 0 Å². The third-order valence-corrected chi connectivity index (χ3v) is 5.43. The van der Waals surface area contributed by atoms with Crippen LogP contribution in [0.25, 0.3) is 6.08 Å². The van der Waals surface area contributed by atoms with Crippen LogP contribution in [0.4, 0.5) is 5.69 Å². The number of rotatable bonds is 7. The molecule has 8 heteroatoms. The molecule has 1 N–H and O–H groups in total. The Kier molecular flexibility index (Phi) is 6.87. The highest BCUT2D eigenvalue weighted by atomic mass is 35.5. The van der Waals surface area contributed by atoms with Gasteiger partial charge in [0.1, 0.15) is 0 Å². The standard InChI is InChI=1S/C23H23ClN4O3/c1-15(18-8-6-9-20(13-18)28(30)31)25-23(29)12-11-21-16(2)26-27(17(21)3)14-19-7-4-5-10-22(19)24/h4-13,15H,14H2,1-3H3,(H,25,29)/b12-11+. The van der Waals surface area contributed by atoms with Crippen LogP contribution in [-0.4, -0.2) is 20.6 Å². The van der Waals surface area contributed by atoms with Crippen molar-refractivity contribution in [1.82, 2.24) is 15.1 Å². The monoisotopic (exact) mass is 438 g/mol. The minimum Gasteiger partial charge on any atom is -0.346 e. The van der Waals surface area contributed by atoms with Gasteiger partial charge in [-0.15, -0.1) is 0 Å². The number of nitro groups is 1. The average Bonchev–Trinajstić information content (AvgIpc) is 3.00. The highest BCUT2D eigenvalue weighted by Gasteiger charge is 2.14. The summed E-state index contributed by atoms with van der Waals surface area (Å²) < 4.78 is 1.86. The molecule has 0 bridgehead atoms. The van der Waals surface area contributed by atoms with Crippen molar-refractivity contribution in [3.8, 4) is 0 Å². The molecule has 0 fully saturated rings. The molecule has 3 rings (SSSR count). The number of aryl methyl sites for hydroxylation is 1. The van der Waals surface area contributed by atoms with E-state index in [0.717, 1.165) is 22.5 Å². The number of hydrogen-bond donors (Lipinski definition) is 1. The van der Waals surface area contributed by atoms with Gasteiger partial charge < -0.3 is 5.32 Å². The SMILES string of the molecule is Cc1nn(Cc2ccccc2Cl)c(C)c1/C=C/C(=O)NC(C)c1cccc([N+](=O)[O-])c1. The second-order valence-corrected chi connectivity index (χ2v) is 7.66. The molecule has 1 atom stereocenters. The second kappa shape index (κ2) is 9.57. The van der Waals surface area contributed by atoms with E-state index in [2.05, 4.69) is 10.4 Å². The number of nitrogens with zero attached hydrogens (tertiary/aromatic N) is 3. The molecule has 31 heavy (non-hydrogen) atoms. The molecule has 1 amide bonds. The Morgan fingerprint density at radius 2 is 2.00 bits per heavy atom. The highest BCUT2D eigenvalue weighted by Crippen LogP contribution is 2.21. The number of non-ortho nitro benzene ring substituents is 1. The lowest BCUT2D eigenvalue weighted by atomic mass is 10.1. The van der Waals surface area contributed by atoms with Crippen LogP contribution in [0, 0.1) is 24.0 Å². The first kappa shape index (κ1) is 22.2. The molecular formula is C23H23ClN4O3. The fourth-order valence-corrected chi connectivity index (χ4v) is 3.50. The zero-order valence-corrected chi connectivity index (χ0v) is 18.3. The van der Waals surface area contributed by atoms with Crippen molar-refractivity contribution in [1.29, 1.82) is 0 Å². The summed E-state index contributed by atoms with van der Waals surface area (Å²) >= 11 is 6.26.